The highest BCUT2D eigenvalue weighted by molar-refractivity contribution is 14.1. The van der Waals surface area contributed by atoms with E-state index in [-0.39, 0.29) is 11.7 Å². The number of imide groups is 2. The summed E-state index contributed by atoms with van der Waals surface area (Å²) < 4.78 is 13.0. The molecule has 1 heterocycles. The number of amides is 4. The third kappa shape index (κ3) is 5.09. The standard InChI is InChI=1S/C22H20BrIN2O5/c1-4-12(2)31-19-17(24)10-13(11-18(19)30-3)9-16-20(27)25-22(29)26(21(16)28)15-7-5-14(23)6-8-15/h5-12H,4H2,1-3H3,(H,25,27,29)/b16-9+/t12-/m1/s1. The first-order chi connectivity index (χ1) is 14.7. The molecule has 1 N–H and O–H groups in total. The van der Waals surface area contributed by atoms with Crippen molar-refractivity contribution in [3.8, 4) is 11.5 Å². The van der Waals surface area contributed by atoms with Crippen LogP contribution in [-0.2, 0) is 9.59 Å². The second-order valence-electron chi connectivity index (χ2n) is 6.81. The fourth-order valence-electron chi connectivity index (χ4n) is 2.87. The van der Waals surface area contributed by atoms with Gasteiger partial charge in [0, 0.05) is 4.47 Å². The zero-order valence-corrected chi connectivity index (χ0v) is 20.8. The smallest absolute Gasteiger partial charge is 0.335 e. The average Bonchev–Trinajstić information content (AvgIpc) is 2.73. The van der Waals surface area contributed by atoms with Gasteiger partial charge in [-0.05, 0) is 84.0 Å². The molecule has 31 heavy (non-hydrogen) atoms. The summed E-state index contributed by atoms with van der Waals surface area (Å²) in [4.78, 5) is 38.7. The molecular formula is C22H20BrIN2O5. The second kappa shape index (κ2) is 9.82. The van der Waals surface area contributed by atoms with Gasteiger partial charge in [-0.2, -0.15) is 0 Å². The number of rotatable bonds is 6. The number of methoxy groups -OCH3 is 1. The number of halogens is 2. The van der Waals surface area contributed by atoms with Gasteiger partial charge in [0.15, 0.2) is 11.5 Å². The number of hydrogen-bond donors (Lipinski definition) is 1. The molecule has 1 saturated heterocycles. The SMILES string of the molecule is CC[C@@H](C)Oc1c(I)cc(/C=C2\C(=O)NC(=O)N(c3ccc(Br)cc3)C2=O)cc1OC. The number of barbiturate groups is 1. The van der Waals surface area contributed by atoms with Crippen molar-refractivity contribution in [3.63, 3.8) is 0 Å². The maximum Gasteiger partial charge on any atom is 0.335 e. The Morgan fingerprint density at radius 3 is 2.48 bits per heavy atom. The van der Waals surface area contributed by atoms with Gasteiger partial charge >= 0.3 is 6.03 Å². The van der Waals surface area contributed by atoms with Crippen molar-refractivity contribution >= 4 is 68.1 Å². The summed E-state index contributed by atoms with van der Waals surface area (Å²) in [6, 6.07) is 9.32. The lowest BCUT2D eigenvalue weighted by Gasteiger charge is -2.26. The Hall–Kier alpha value is -2.40. The van der Waals surface area contributed by atoms with E-state index < -0.39 is 17.8 Å². The summed E-state index contributed by atoms with van der Waals surface area (Å²) in [7, 11) is 1.53. The fraction of sp³-hybridized carbons (Fsp3) is 0.227. The van der Waals surface area contributed by atoms with Crippen molar-refractivity contribution < 1.29 is 23.9 Å². The van der Waals surface area contributed by atoms with Crippen molar-refractivity contribution in [1.82, 2.24) is 5.32 Å². The van der Waals surface area contributed by atoms with E-state index in [4.69, 9.17) is 9.47 Å². The molecule has 0 aliphatic carbocycles. The lowest BCUT2D eigenvalue weighted by Crippen LogP contribution is -2.54. The van der Waals surface area contributed by atoms with Crippen molar-refractivity contribution in [1.29, 1.82) is 0 Å². The van der Waals surface area contributed by atoms with Gasteiger partial charge in [-0.15, -0.1) is 0 Å². The minimum atomic E-state index is -0.793. The molecule has 0 radical (unpaired) electrons. The van der Waals surface area contributed by atoms with E-state index in [9.17, 15) is 14.4 Å². The number of urea groups is 1. The van der Waals surface area contributed by atoms with Crippen LogP contribution in [0.15, 0.2) is 46.4 Å². The van der Waals surface area contributed by atoms with Gasteiger partial charge in [0.25, 0.3) is 11.8 Å². The molecule has 2 aromatic rings. The van der Waals surface area contributed by atoms with Crippen LogP contribution in [0.25, 0.3) is 6.08 Å². The minimum absolute atomic E-state index is 0.00259. The summed E-state index contributed by atoms with van der Waals surface area (Å²) in [5.74, 6) is -0.364. The summed E-state index contributed by atoms with van der Waals surface area (Å²) in [5.41, 5.74) is 0.769. The number of carbonyl (C=O) groups excluding carboxylic acids is 3. The highest BCUT2D eigenvalue weighted by Crippen LogP contribution is 2.36. The first-order valence-corrected chi connectivity index (χ1v) is 11.3. The van der Waals surface area contributed by atoms with Crippen molar-refractivity contribution in [2.45, 2.75) is 26.4 Å². The number of hydrogen-bond acceptors (Lipinski definition) is 5. The lowest BCUT2D eigenvalue weighted by atomic mass is 10.1. The molecule has 0 spiro atoms. The van der Waals surface area contributed by atoms with Gasteiger partial charge in [0.1, 0.15) is 5.57 Å². The zero-order valence-electron chi connectivity index (χ0n) is 17.1. The lowest BCUT2D eigenvalue weighted by molar-refractivity contribution is -0.122. The quantitative estimate of drug-likeness (QED) is 0.290. The molecule has 7 nitrogen and oxygen atoms in total. The predicted octanol–water partition coefficient (Wildman–Crippen LogP) is 4.91. The number of nitrogens with one attached hydrogen (secondary N) is 1. The molecule has 0 bridgehead atoms. The van der Waals surface area contributed by atoms with Crippen LogP contribution >= 0.6 is 38.5 Å². The molecule has 9 heteroatoms. The molecular weight excluding hydrogens is 579 g/mol. The zero-order chi connectivity index (χ0) is 22.7. The molecule has 1 aliphatic rings. The first-order valence-electron chi connectivity index (χ1n) is 9.46. The molecule has 162 valence electrons. The van der Waals surface area contributed by atoms with Gasteiger partial charge in [-0.25, -0.2) is 9.69 Å². The Labute approximate surface area is 202 Å². The van der Waals surface area contributed by atoms with Crippen molar-refractivity contribution in [2.24, 2.45) is 0 Å². The fourth-order valence-corrected chi connectivity index (χ4v) is 3.89. The number of anilines is 1. The van der Waals surface area contributed by atoms with Crippen molar-refractivity contribution in [3.05, 3.63) is 55.6 Å². The van der Waals surface area contributed by atoms with E-state index >= 15 is 0 Å². The molecule has 3 rings (SSSR count). The van der Waals surface area contributed by atoms with Crippen LogP contribution < -0.4 is 19.7 Å². The van der Waals surface area contributed by atoms with Crippen LogP contribution in [0.2, 0.25) is 0 Å². The highest BCUT2D eigenvalue weighted by Gasteiger charge is 2.36. The van der Waals surface area contributed by atoms with Gasteiger partial charge in [-0.3, -0.25) is 14.9 Å². The third-order valence-electron chi connectivity index (χ3n) is 4.64. The second-order valence-corrected chi connectivity index (χ2v) is 8.88. The van der Waals surface area contributed by atoms with Crippen LogP contribution in [0.1, 0.15) is 25.8 Å². The number of benzene rings is 2. The molecule has 0 saturated carbocycles. The normalized spacial score (nSPS) is 16.4. The number of carbonyl (C=O) groups is 3. The summed E-state index contributed by atoms with van der Waals surface area (Å²) >= 11 is 5.44. The highest BCUT2D eigenvalue weighted by atomic mass is 127. The molecule has 0 unspecified atom stereocenters. The van der Waals surface area contributed by atoms with E-state index in [1.165, 1.54) is 13.2 Å². The van der Waals surface area contributed by atoms with E-state index in [0.717, 1.165) is 19.4 Å². The molecule has 1 aliphatic heterocycles. The van der Waals surface area contributed by atoms with E-state index in [1.807, 2.05) is 13.8 Å². The minimum Gasteiger partial charge on any atom is -0.493 e. The first kappa shape index (κ1) is 23.3. The number of nitrogens with zero attached hydrogens (tertiary/aromatic N) is 1. The largest absolute Gasteiger partial charge is 0.493 e. The maximum atomic E-state index is 13.0. The Balaban J connectivity index is 2.00. The molecule has 4 amide bonds. The predicted molar refractivity (Wildman–Crippen MR) is 129 cm³/mol. The van der Waals surface area contributed by atoms with Crippen LogP contribution in [0.5, 0.6) is 11.5 Å². The number of ether oxygens (including phenoxy) is 2. The summed E-state index contributed by atoms with van der Waals surface area (Å²) in [5, 5.41) is 2.22. The van der Waals surface area contributed by atoms with Gasteiger partial charge in [0.2, 0.25) is 0 Å². The van der Waals surface area contributed by atoms with Gasteiger partial charge < -0.3 is 9.47 Å². The van der Waals surface area contributed by atoms with E-state index in [0.29, 0.717) is 22.7 Å². The third-order valence-corrected chi connectivity index (χ3v) is 5.97. The molecule has 0 aromatic heterocycles. The van der Waals surface area contributed by atoms with E-state index in [2.05, 4.69) is 43.8 Å². The summed E-state index contributed by atoms with van der Waals surface area (Å²) in [6.07, 6.45) is 2.27. The summed E-state index contributed by atoms with van der Waals surface area (Å²) in [6.45, 7) is 3.98. The Bertz CT molecular complexity index is 1070. The van der Waals surface area contributed by atoms with Crippen molar-refractivity contribution in [2.75, 3.05) is 12.0 Å². The van der Waals surface area contributed by atoms with Gasteiger partial charge in [-0.1, -0.05) is 22.9 Å². The van der Waals surface area contributed by atoms with E-state index in [1.54, 1.807) is 36.4 Å². The Morgan fingerprint density at radius 1 is 1.19 bits per heavy atom. The molecule has 2 aromatic carbocycles. The maximum absolute atomic E-state index is 13.0. The van der Waals surface area contributed by atoms with Crippen LogP contribution in [-0.4, -0.2) is 31.1 Å². The topological polar surface area (TPSA) is 84.9 Å². The Morgan fingerprint density at radius 2 is 1.87 bits per heavy atom. The molecule has 1 atom stereocenters. The monoisotopic (exact) mass is 598 g/mol. The van der Waals surface area contributed by atoms with Gasteiger partial charge in [0.05, 0.1) is 22.5 Å². The van der Waals surface area contributed by atoms with Crippen LogP contribution in [0, 0.1) is 3.57 Å². The molecule has 1 fully saturated rings. The average molecular weight is 599 g/mol. The van der Waals surface area contributed by atoms with Crippen LogP contribution in [0.4, 0.5) is 10.5 Å². The Kier molecular flexibility index (Phi) is 7.37. The van der Waals surface area contributed by atoms with Crippen LogP contribution in [0.3, 0.4) is 0 Å².